The molecule has 2 aliphatic heterocycles. The first-order valence-corrected chi connectivity index (χ1v) is 12.4. The van der Waals surface area contributed by atoms with Crippen LogP contribution in [0.15, 0.2) is 48.5 Å². The first kappa shape index (κ1) is 25.2. The topological polar surface area (TPSA) is 85.1 Å². The van der Waals surface area contributed by atoms with Crippen molar-refractivity contribution in [2.24, 2.45) is 11.7 Å². The van der Waals surface area contributed by atoms with E-state index in [2.05, 4.69) is 11.8 Å². The quantitative estimate of drug-likeness (QED) is 0.616. The Morgan fingerprint density at radius 1 is 1.06 bits per heavy atom. The summed E-state index contributed by atoms with van der Waals surface area (Å²) in [6.45, 7) is 12.6. The Bertz CT molecular complexity index is 1060. The molecule has 2 N–H and O–H groups in total. The lowest BCUT2D eigenvalue weighted by atomic mass is 9.57. The highest BCUT2D eigenvalue weighted by Gasteiger charge is 2.57. The lowest BCUT2D eigenvalue weighted by molar-refractivity contribution is -0.127. The normalized spacial score (nSPS) is 24.0. The Morgan fingerprint density at radius 2 is 1.71 bits per heavy atom. The molecule has 2 aliphatic rings. The van der Waals surface area contributed by atoms with Crippen molar-refractivity contribution in [2.45, 2.75) is 45.1 Å². The third-order valence-corrected chi connectivity index (χ3v) is 7.61. The number of morpholine rings is 1. The molecule has 188 valence electrons. The number of carbonyl (C=O) groups is 2. The molecule has 1 saturated heterocycles. The molecular formula is C28H37N3O4. The molecule has 2 aromatic carbocycles. The van der Waals surface area contributed by atoms with Crippen LogP contribution >= 0.6 is 0 Å². The van der Waals surface area contributed by atoms with Crippen LogP contribution in [0.25, 0.3) is 0 Å². The number of nitrogens with two attached hydrogens (primary N) is 1. The number of nitrogens with zero attached hydrogens (tertiary/aromatic N) is 2. The maximum absolute atomic E-state index is 13.0. The van der Waals surface area contributed by atoms with E-state index in [-0.39, 0.29) is 5.91 Å². The van der Waals surface area contributed by atoms with Gasteiger partial charge in [0.1, 0.15) is 5.75 Å². The molecule has 2 amide bonds. The van der Waals surface area contributed by atoms with Gasteiger partial charge in [-0.25, -0.2) is 0 Å². The smallest absolute Gasteiger partial charge is 0.224 e. The molecule has 2 unspecified atom stereocenters. The number of para-hydroxylation sites is 1. The number of ether oxygens (including phenoxy) is 2. The molecular weight excluding hydrogens is 442 g/mol. The molecule has 2 heterocycles. The van der Waals surface area contributed by atoms with Gasteiger partial charge in [-0.15, -0.1) is 0 Å². The average molecular weight is 480 g/mol. The summed E-state index contributed by atoms with van der Waals surface area (Å²) < 4.78 is 11.4. The maximum Gasteiger partial charge on any atom is 0.224 e. The Labute approximate surface area is 208 Å². The molecule has 2 aromatic rings. The van der Waals surface area contributed by atoms with Gasteiger partial charge in [0.2, 0.25) is 11.8 Å². The molecule has 4 rings (SSSR count). The van der Waals surface area contributed by atoms with Crippen LogP contribution in [-0.4, -0.2) is 61.7 Å². The lowest BCUT2D eigenvalue weighted by Gasteiger charge is -2.55. The average Bonchev–Trinajstić information content (AvgIpc) is 2.82. The largest absolute Gasteiger partial charge is 0.494 e. The van der Waals surface area contributed by atoms with Gasteiger partial charge in [-0.2, -0.15) is 0 Å². The van der Waals surface area contributed by atoms with Crippen molar-refractivity contribution in [3.8, 4) is 5.75 Å². The van der Waals surface area contributed by atoms with Crippen molar-refractivity contribution in [3.05, 3.63) is 59.7 Å². The van der Waals surface area contributed by atoms with E-state index in [0.717, 1.165) is 61.8 Å². The summed E-state index contributed by atoms with van der Waals surface area (Å²) in [5.74, 6) is -0.379. The second-order valence-electron chi connectivity index (χ2n) is 10.2. The highest BCUT2D eigenvalue weighted by atomic mass is 16.5. The lowest BCUT2D eigenvalue weighted by Crippen LogP contribution is -2.65. The molecule has 0 aromatic heterocycles. The third kappa shape index (κ3) is 4.67. The van der Waals surface area contributed by atoms with Crippen molar-refractivity contribution in [1.29, 1.82) is 0 Å². The first-order chi connectivity index (χ1) is 16.7. The Balaban J connectivity index is 1.59. The number of carbonyl (C=O) groups excluding carboxylic acids is 2. The van der Waals surface area contributed by atoms with Crippen molar-refractivity contribution in [2.75, 3.05) is 44.4 Å². The maximum atomic E-state index is 13.0. The first-order valence-electron chi connectivity index (χ1n) is 12.4. The summed E-state index contributed by atoms with van der Waals surface area (Å²) in [5.41, 5.74) is 7.20. The molecule has 35 heavy (non-hydrogen) atoms. The highest BCUT2D eigenvalue weighted by Crippen LogP contribution is 2.54. The number of benzene rings is 2. The number of hydrogen-bond acceptors (Lipinski definition) is 5. The zero-order valence-electron chi connectivity index (χ0n) is 21.3. The summed E-state index contributed by atoms with van der Waals surface area (Å²) in [4.78, 5) is 29.8. The van der Waals surface area contributed by atoms with Crippen LogP contribution in [0.4, 0.5) is 5.69 Å². The standard InChI is InChI=1S/C28H37N3O4/c1-20(32)31-24-9-6-5-8-23(24)28(4,25(26(29)33)27(31,2)3)21-10-12-22(13-11-21)35-17-7-14-30-15-18-34-19-16-30/h5-6,8-13,25H,7,14-19H2,1-4H3,(H2,29,33). The zero-order chi connectivity index (χ0) is 25.2. The van der Waals surface area contributed by atoms with E-state index in [9.17, 15) is 9.59 Å². The highest BCUT2D eigenvalue weighted by molar-refractivity contribution is 5.98. The molecule has 1 fully saturated rings. The van der Waals surface area contributed by atoms with Crippen LogP contribution in [0.5, 0.6) is 5.75 Å². The van der Waals surface area contributed by atoms with Gasteiger partial charge < -0.3 is 20.1 Å². The Kier molecular flexibility index (Phi) is 7.20. The van der Waals surface area contributed by atoms with Crippen LogP contribution in [0.3, 0.4) is 0 Å². The van der Waals surface area contributed by atoms with E-state index in [4.69, 9.17) is 15.2 Å². The van der Waals surface area contributed by atoms with Crippen molar-refractivity contribution < 1.29 is 19.1 Å². The fourth-order valence-electron chi connectivity index (χ4n) is 6.14. The van der Waals surface area contributed by atoms with Gasteiger partial charge in [0.15, 0.2) is 0 Å². The van der Waals surface area contributed by atoms with Crippen LogP contribution in [-0.2, 0) is 19.7 Å². The van der Waals surface area contributed by atoms with Gasteiger partial charge in [-0.1, -0.05) is 37.3 Å². The van der Waals surface area contributed by atoms with E-state index >= 15 is 0 Å². The summed E-state index contributed by atoms with van der Waals surface area (Å²) in [5, 5.41) is 0. The monoisotopic (exact) mass is 479 g/mol. The minimum Gasteiger partial charge on any atom is -0.494 e. The number of rotatable bonds is 7. The van der Waals surface area contributed by atoms with E-state index in [0.29, 0.717) is 6.61 Å². The minimum absolute atomic E-state index is 0.114. The van der Waals surface area contributed by atoms with Crippen LogP contribution < -0.4 is 15.4 Å². The second kappa shape index (κ2) is 9.99. The molecule has 0 aliphatic carbocycles. The van der Waals surface area contributed by atoms with Crippen LogP contribution in [0.2, 0.25) is 0 Å². The summed E-state index contributed by atoms with van der Waals surface area (Å²) >= 11 is 0. The third-order valence-electron chi connectivity index (χ3n) is 7.61. The van der Waals surface area contributed by atoms with Gasteiger partial charge in [-0.05, 0) is 49.6 Å². The predicted octanol–water partition coefficient (Wildman–Crippen LogP) is 3.34. The van der Waals surface area contributed by atoms with Crippen LogP contribution in [0.1, 0.15) is 45.2 Å². The molecule has 7 heteroatoms. The van der Waals surface area contributed by atoms with E-state index < -0.39 is 22.8 Å². The Morgan fingerprint density at radius 3 is 2.34 bits per heavy atom. The van der Waals surface area contributed by atoms with Gasteiger partial charge in [0, 0.05) is 37.7 Å². The SMILES string of the molecule is CC(=O)N1c2ccccc2C(C)(c2ccc(OCCCN3CCOCC3)cc2)C(C(N)=O)C1(C)C. The number of hydrogen-bond donors (Lipinski definition) is 1. The number of primary amides is 1. The van der Waals surface area contributed by atoms with Gasteiger partial charge in [0.05, 0.1) is 31.3 Å². The van der Waals surface area contributed by atoms with Crippen molar-refractivity contribution in [3.63, 3.8) is 0 Å². The zero-order valence-corrected chi connectivity index (χ0v) is 21.3. The fourth-order valence-corrected chi connectivity index (χ4v) is 6.14. The van der Waals surface area contributed by atoms with E-state index in [1.807, 2.05) is 62.4 Å². The van der Waals surface area contributed by atoms with Gasteiger partial charge in [0.25, 0.3) is 0 Å². The molecule has 0 saturated carbocycles. The molecule has 0 spiro atoms. The fraction of sp³-hybridized carbons (Fsp3) is 0.500. The summed E-state index contributed by atoms with van der Waals surface area (Å²) in [6.07, 6.45) is 0.950. The second-order valence-corrected chi connectivity index (χ2v) is 10.2. The van der Waals surface area contributed by atoms with Gasteiger partial charge >= 0.3 is 0 Å². The van der Waals surface area contributed by atoms with E-state index in [1.54, 1.807) is 4.90 Å². The number of amides is 2. The van der Waals surface area contributed by atoms with Gasteiger partial charge in [-0.3, -0.25) is 14.5 Å². The molecule has 2 atom stereocenters. The molecule has 0 radical (unpaired) electrons. The number of anilines is 1. The Hall–Kier alpha value is -2.90. The van der Waals surface area contributed by atoms with Crippen molar-refractivity contribution in [1.82, 2.24) is 4.90 Å². The summed E-state index contributed by atoms with van der Waals surface area (Å²) in [6, 6.07) is 15.8. The molecule has 0 bridgehead atoms. The predicted molar refractivity (Wildman–Crippen MR) is 137 cm³/mol. The molecule has 7 nitrogen and oxygen atoms in total. The van der Waals surface area contributed by atoms with Crippen LogP contribution in [0, 0.1) is 5.92 Å². The number of fused-ring (bicyclic) bond motifs is 1. The minimum atomic E-state index is -0.810. The van der Waals surface area contributed by atoms with Crippen molar-refractivity contribution >= 4 is 17.5 Å². The van der Waals surface area contributed by atoms with E-state index in [1.165, 1.54) is 6.92 Å². The summed E-state index contributed by atoms with van der Waals surface area (Å²) in [7, 11) is 0.